The molecule has 3 nitrogen and oxygen atoms in total. The zero-order chi connectivity index (χ0) is 12.3. The fourth-order valence-corrected chi connectivity index (χ4v) is 1.28. The third-order valence-electron chi connectivity index (χ3n) is 2.15. The van der Waals surface area contributed by atoms with Gasteiger partial charge in [-0.1, -0.05) is 24.3 Å². The monoisotopic (exact) mass is 231 g/mol. The summed E-state index contributed by atoms with van der Waals surface area (Å²) in [5.74, 6) is 0.642. The number of rotatable bonds is 7. The summed E-state index contributed by atoms with van der Waals surface area (Å²) >= 11 is 0. The van der Waals surface area contributed by atoms with Gasteiger partial charge in [-0.2, -0.15) is 5.26 Å². The highest BCUT2D eigenvalue weighted by atomic mass is 16.5. The van der Waals surface area contributed by atoms with E-state index in [4.69, 9.17) is 14.7 Å². The summed E-state index contributed by atoms with van der Waals surface area (Å²) in [5, 5.41) is 8.86. The van der Waals surface area contributed by atoms with Crippen molar-refractivity contribution in [1.82, 2.24) is 0 Å². The first kappa shape index (κ1) is 13.3. The van der Waals surface area contributed by atoms with Gasteiger partial charge in [0, 0.05) is 6.42 Å². The zero-order valence-electron chi connectivity index (χ0n) is 10.1. The van der Waals surface area contributed by atoms with Crippen molar-refractivity contribution in [1.29, 1.82) is 5.26 Å². The summed E-state index contributed by atoms with van der Waals surface area (Å²) in [6.07, 6.45) is 4.74. The molecule has 0 spiro atoms. The summed E-state index contributed by atoms with van der Waals surface area (Å²) in [6, 6.07) is 9.34. The number of nitrogens with zero attached hydrogens (tertiary/aromatic N) is 1. The van der Waals surface area contributed by atoms with Gasteiger partial charge in [0.1, 0.15) is 11.8 Å². The maximum atomic E-state index is 8.86. The summed E-state index contributed by atoms with van der Waals surface area (Å²) in [5.41, 5.74) is 0.572. The molecule has 0 N–H and O–H groups in total. The Balaban J connectivity index is 2.20. The van der Waals surface area contributed by atoms with Crippen molar-refractivity contribution in [2.75, 3.05) is 19.8 Å². The van der Waals surface area contributed by atoms with Gasteiger partial charge < -0.3 is 9.47 Å². The van der Waals surface area contributed by atoms with Crippen LogP contribution in [0.15, 0.2) is 36.4 Å². The molecule has 1 rings (SSSR count). The summed E-state index contributed by atoms with van der Waals surface area (Å²) in [6.45, 7) is 3.84. The number of allylic oxidation sites excluding steroid dienone is 1. The van der Waals surface area contributed by atoms with Gasteiger partial charge in [0.25, 0.3) is 0 Å². The Hall–Kier alpha value is -1.79. The number of nitriles is 1. The molecule has 0 bridgehead atoms. The lowest BCUT2D eigenvalue weighted by molar-refractivity contribution is 0.143. The first-order valence-corrected chi connectivity index (χ1v) is 5.69. The van der Waals surface area contributed by atoms with Crippen LogP contribution in [0.2, 0.25) is 0 Å². The van der Waals surface area contributed by atoms with Crippen LogP contribution in [0.1, 0.15) is 18.9 Å². The van der Waals surface area contributed by atoms with Crippen LogP contribution in [-0.2, 0) is 4.74 Å². The molecule has 0 fully saturated rings. The van der Waals surface area contributed by atoms with E-state index in [9.17, 15) is 0 Å². The van der Waals surface area contributed by atoms with Crippen LogP contribution in [0.25, 0.3) is 0 Å². The maximum absolute atomic E-state index is 8.86. The van der Waals surface area contributed by atoms with E-state index in [1.807, 2.05) is 31.2 Å². The molecule has 0 aliphatic rings. The van der Waals surface area contributed by atoms with Crippen molar-refractivity contribution in [3.63, 3.8) is 0 Å². The molecular weight excluding hydrogens is 214 g/mol. The topological polar surface area (TPSA) is 42.2 Å². The van der Waals surface area contributed by atoms with Crippen LogP contribution in [0, 0.1) is 11.3 Å². The predicted molar refractivity (Wildman–Crippen MR) is 66.9 cm³/mol. The number of hydrogen-bond acceptors (Lipinski definition) is 3. The molecular formula is C14H17NO2. The highest BCUT2D eigenvalue weighted by Gasteiger charge is 2.00. The van der Waals surface area contributed by atoms with Crippen LogP contribution in [0.4, 0.5) is 0 Å². The first-order valence-electron chi connectivity index (χ1n) is 5.69. The lowest BCUT2D eigenvalue weighted by Crippen LogP contribution is -2.04. The second kappa shape index (κ2) is 8.37. The number of benzene rings is 1. The average molecular weight is 231 g/mol. The normalized spacial score (nSPS) is 10.4. The molecule has 0 aromatic heterocycles. The minimum atomic E-state index is 0.564. The minimum Gasteiger partial charge on any atom is -0.492 e. The summed E-state index contributed by atoms with van der Waals surface area (Å²) in [7, 11) is 0. The fourth-order valence-electron chi connectivity index (χ4n) is 1.28. The Bertz CT molecular complexity index is 393. The minimum absolute atomic E-state index is 0.564. The molecule has 1 aromatic rings. The molecule has 0 aliphatic heterocycles. The quantitative estimate of drug-likeness (QED) is 0.535. The number of hydrogen-bond donors (Lipinski definition) is 0. The Kier molecular flexibility index (Phi) is 6.54. The van der Waals surface area contributed by atoms with Crippen molar-refractivity contribution >= 4 is 0 Å². The van der Waals surface area contributed by atoms with Gasteiger partial charge in [-0.3, -0.25) is 0 Å². The smallest absolute Gasteiger partial charge is 0.137 e. The van der Waals surface area contributed by atoms with Crippen LogP contribution in [0.5, 0.6) is 5.75 Å². The van der Waals surface area contributed by atoms with E-state index in [-0.39, 0.29) is 0 Å². The van der Waals surface area contributed by atoms with Gasteiger partial charge in [-0.25, -0.2) is 0 Å². The van der Waals surface area contributed by atoms with Gasteiger partial charge in [0.05, 0.1) is 25.4 Å². The molecule has 0 unspecified atom stereocenters. The van der Waals surface area contributed by atoms with E-state index in [1.54, 1.807) is 12.1 Å². The van der Waals surface area contributed by atoms with E-state index in [0.717, 1.165) is 6.42 Å². The van der Waals surface area contributed by atoms with Crippen LogP contribution in [-0.4, -0.2) is 19.8 Å². The third kappa shape index (κ3) is 5.19. The molecule has 0 heterocycles. The second-order valence-corrected chi connectivity index (χ2v) is 3.45. The van der Waals surface area contributed by atoms with E-state index in [0.29, 0.717) is 31.1 Å². The van der Waals surface area contributed by atoms with Crippen LogP contribution < -0.4 is 4.74 Å². The number of ether oxygens (including phenoxy) is 2. The Morgan fingerprint density at radius 1 is 1.29 bits per heavy atom. The molecule has 0 radical (unpaired) electrons. The zero-order valence-corrected chi connectivity index (χ0v) is 10.1. The van der Waals surface area contributed by atoms with Gasteiger partial charge >= 0.3 is 0 Å². The molecule has 0 saturated heterocycles. The van der Waals surface area contributed by atoms with Crippen molar-refractivity contribution in [2.24, 2.45) is 0 Å². The lowest BCUT2D eigenvalue weighted by Gasteiger charge is -2.07. The molecule has 3 heteroatoms. The highest BCUT2D eigenvalue weighted by Crippen LogP contribution is 2.16. The summed E-state index contributed by atoms with van der Waals surface area (Å²) < 4.78 is 10.9. The van der Waals surface area contributed by atoms with Gasteiger partial charge in [0.2, 0.25) is 0 Å². The number of para-hydroxylation sites is 1. The van der Waals surface area contributed by atoms with Crippen LogP contribution in [0.3, 0.4) is 0 Å². The largest absolute Gasteiger partial charge is 0.492 e. The van der Waals surface area contributed by atoms with Gasteiger partial charge in [-0.15, -0.1) is 0 Å². The van der Waals surface area contributed by atoms with Gasteiger partial charge in [0.15, 0.2) is 0 Å². The van der Waals surface area contributed by atoms with Crippen molar-refractivity contribution in [3.8, 4) is 11.8 Å². The van der Waals surface area contributed by atoms with E-state index in [2.05, 4.69) is 6.07 Å². The molecule has 1 aromatic carbocycles. The average Bonchev–Trinajstić information content (AvgIpc) is 2.38. The van der Waals surface area contributed by atoms with E-state index < -0.39 is 0 Å². The third-order valence-corrected chi connectivity index (χ3v) is 2.15. The molecule has 0 aliphatic carbocycles. The Morgan fingerprint density at radius 2 is 2.12 bits per heavy atom. The van der Waals surface area contributed by atoms with E-state index >= 15 is 0 Å². The SMILES string of the molecule is CC=CCOCCCOc1ccccc1C#N. The maximum Gasteiger partial charge on any atom is 0.137 e. The first-order chi connectivity index (χ1) is 8.38. The van der Waals surface area contributed by atoms with Crippen molar-refractivity contribution in [2.45, 2.75) is 13.3 Å². The van der Waals surface area contributed by atoms with Crippen molar-refractivity contribution < 1.29 is 9.47 Å². The van der Waals surface area contributed by atoms with Gasteiger partial charge in [-0.05, 0) is 19.1 Å². The molecule has 17 heavy (non-hydrogen) atoms. The molecule has 0 saturated carbocycles. The molecule has 90 valence electrons. The summed E-state index contributed by atoms with van der Waals surface area (Å²) in [4.78, 5) is 0. The lowest BCUT2D eigenvalue weighted by atomic mass is 10.2. The standard InChI is InChI=1S/C14H17NO2/c1-2-3-9-16-10-6-11-17-14-8-5-4-7-13(14)12-15/h2-5,7-8H,6,9-11H2,1H3. The van der Waals surface area contributed by atoms with Crippen LogP contribution >= 0.6 is 0 Å². The molecule has 0 atom stereocenters. The fraction of sp³-hybridized carbons (Fsp3) is 0.357. The highest BCUT2D eigenvalue weighted by molar-refractivity contribution is 5.42. The Labute approximate surface area is 102 Å². The predicted octanol–water partition coefficient (Wildman–Crippen LogP) is 2.92. The molecule has 0 amide bonds. The second-order valence-electron chi connectivity index (χ2n) is 3.45. The Morgan fingerprint density at radius 3 is 2.88 bits per heavy atom. The van der Waals surface area contributed by atoms with Crippen molar-refractivity contribution in [3.05, 3.63) is 42.0 Å². The van der Waals surface area contributed by atoms with E-state index in [1.165, 1.54) is 0 Å².